The third-order valence-corrected chi connectivity index (χ3v) is 4.38. The second kappa shape index (κ2) is 5.09. The monoisotopic (exact) mass is 295 g/mol. The fourth-order valence-corrected chi connectivity index (χ4v) is 3.06. The summed E-state index contributed by atoms with van der Waals surface area (Å²) < 4.78 is 6.90. The zero-order chi connectivity index (χ0) is 11.7. The second-order valence-corrected chi connectivity index (χ2v) is 5.89. The van der Waals surface area contributed by atoms with Crippen molar-refractivity contribution in [3.05, 3.63) is 34.3 Å². The fraction of sp³-hybridized carbons (Fsp3) is 0.571. The van der Waals surface area contributed by atoms with Crippen LogP contribution in [0.5, 0.6) is 0 Å². The molecule has 0 spiro atoms. The first-order valence-corrected chi connectivity index (χ1v) is 7.25. The SMILES string of the molecule is Brc1ccc(C2OCC2N2CCCCC2)cc1. The first-order chi connectivity index (χ1) is 8.34. The summed E-state index contributed by atoms with van der Waals surface area (Å²) in [4.78, 5) is 2.61. The summed E-state index contributed by atoms with van der Waals surface area (Å²) in [5, 5.41) is 0. The van der Waals surface area contributed by atoms with E-state index < -0.39 is 0 Å². The highest BCUT2D eigenvalue weighted by Gasteiger charge is 2.38. The van der Waals surface area contributed by atoms with Crippen molar-refractivity contribution < 1.29 is 4.74 Å². The molecule has 1 aromatic carbocycles. The summed E-state index contributed by atoms with van der Waals surface area (Å²) in [6.45, 7) is 3.41. The van der Waals surface area contributed by atoms with Crippen LogP contribution in [0.2, 0.25) is 0 Å². The molecule has 2 heterocycles. The van der Waals surface area contributed by atoms with E-state index in [1.165, 1.54) is 37.9 Å². The molecule has 0 radical (unpaired) electrons. The van der Waals surface area contributed by atoms with Gasteiger partial charge in [0.15, 0.2) is 0 Å². The molecule has 2 saturated heterocycles. The van der Waals surface area contributed by atoms with Gasteiger partial charge in [0.1, 0.15) is 6.10 Å². The van der Waals surface area contributed by atoms with Crippen LogP contribution in [-0.4, -0.2) is 30.6 Å². The molecule has 0 saturated carbocycles. The Labute approximate surface area is 111 Å². The summed E-state index contributed by atoms with van der Waals surface area (Å²) in [6.07, 6.45) is 4.39. The molecular formula is C14H18BrNO. The van der Waals surface area contributed by atoms with Gasteiger partial charge in [-0.15, -0.1) is 0 Å². The van der Waals surface area contributed by atoms with Crippen LogP contribution in [0, 0.1) is 0 Å². The van der Waals surface area contributed by atoms with E-state index in [9.17, 15) is 0 Å². The molecule has 2 aliphatic heterocycles. The molecule has 2 fully saturated rings. The Morgan fingerprint density at radius 1 is 1.06 bits per heavy atom. The number of hydrogen-bond donors (Lipinski definition) is 0. The molecule has 1 aromatic rings. The Morgan fingerprint density at radius 3 is 2.35 bits per heavy atom. The zero-order valence-electron chi connectivity index (χ0n) is 9.94. The van der Waals surface area contributed by atoms with E-state index in [1.54, 1.807) is 0 Å². The lowest BCUT2D eigenvalue weighted by Crippen LogP contribution is -2.52. The topological polar surface area (TPSA) is 12.5 Å². The first kappa shape index (κ1) is 11.7. The van der Waals surface area contributed by atoms with Gasteiger partial charge in [0, 0.05) is 4.47 Å². The number of hydrogen-bond acceptors (Lipinski definition) is 2. The molecule has 2 atom stereocenters. The van der Waals surface area contributed by atoms with Gasteiger partial charge in [0.25, 0.3) is 0 Å². The van der Waals surface area contributed by atoms with Crippen LogP contribution in [0.25, 0.3) is 0 Å². The van der Waals surface area contributed by atoms with Gasteiger partial charge in [-0.25, -0.2) is 0 Å². The molecule has 3 heteroatoms. The average Bonchev–Trinajstić information content (AvgIpc) is 2.32. The number of ether oxygens (including phenoxy) is 1. The number of rotatable bonds is 2. The predicted molar refractivity (Wildman–Crippen MR) is 72.0 cm³/mol. The second-order valence-electron chi connectivity index (χ2n) is 4.97. The molecule has 0 aromatic heterocycles. The van der Waals surface area contributed by atoms with Crippen molar-refractivity contribution in [1.82, 2.24) is 4.90 Å². The van der Waals surface area contributed by atoms with Crippen molar-refractivity contribution in [2.24, 2.45) is 0 Å². The third kappa shape index (κ3) is 2.42. The van der Waals surface area contributed by atoms with Gasteiger partial charge in [0.2, 0.25) is 0 Å². The van der Waals surface area contributed by atoms with E-state index in [1.807, 2.05) is 0 Å². The zero-order valence-corrected chi connectivity index (χ0v) is 11.5. The molecule has 2 aliphatic rings. The number of piperidine rings is 1. The van der Waals surface area contributed by atoms with Crippen molar-refractivity contribution in [2.45, 2.75) is 31.4 Å². The van der Waals surface area contributed by atoms with Gasteiger partial charge in [-0.05, 0) is 43.6 Å². The average molecular weight is 296 g/mol. The van der Waals surface area contributed by atoms with E-state index in [0.29, 0.717) is 12.1 Å². The van der Waals surface area contributed by atoms with Crippen LogP contribution in [0.15, 0.2) is 28.7 Å². The van der Waals surface area contributed by atoms with Crippen LogP contribution in [0.3, 0.4) is 0 Å². The minimum Gasteiger partial charge on any atom is -0.370 e. The Kier molecular flexibility index (Phi) is 3.50. The summed E-state index contributed by atoms with van der Waals surface area (Å²) in [6, 6.07) is 9.15. The lowest BCUT2D eigenvalue weighted by atomic mass is 9.95. The number of benzene rings is 1. The Morgan fingerprint density at radius 2 is 1.76 bits per heavy atom. The van der Waals surface area contributed by atoms with Crippen molar-refractivity contribution in [3.8, 4) is 0 Å². The van der Waals surface area contributed by atoms with Gasteiger partial charge in [0.05, 0.1) is 12.6 Å². The molecule has 0 amide bonds. The van der Waals surface area contributed by atoms with Crippen LogP contribution < -0.4 is 0 Å². The maximum absolute atomic E-state index is 5.77. The standard InChI is InChI=1S/C14H18BrNO/c15-12-6-4-11(5-7-12)14-13(10-17-14)16-8-2-1-3-9-16/h4-7,13-14H,1-3,8-10H2. The van der Waals surface area contributed by atoms with E-state index in [2.05, 4.69) is 45.1 Å². The normalized spacial score (nSPS) is 29.9. The van der Waals surface area contributed by atoms with E-state index >= 15 is 0 Å². The lowest BCUT2D eigenvalue weighted by molar-refractivity contribution is -0.141. The van der Waals surface area contributed by atoms with Crippen LogP contribution >= 0.6 is 15.9 Å². The molecule has 2 nitrogen and oxygen atoms in total. The van der Waals surface area contributed by atoms with E-state index in [0.717, 1.165) is 11.1 Å². The van der Waals surface area contributed by atoms with E-state index in [-0.39, 0.29) is 0 Å². The van der Waals surface area contributed by atoms with Gasteiger partial charge < -0.3 is 4.74 Å². The fourth-order valence-electron chi connectivity index (χ4n) is 2.80. The number of likely N-dealkylation sites (tertiary alicyclic amines) is 1. The highest BCUT2D eigenvalue weighted by molar-refractivity contribution is 9.10. The Balaban J connectivity index is 1.69. The molecule has 2 unspecified atom stereocenters. The molecule has 3 rings (SSSR count). The highest BCUT2D eigenvalue weighted by atomic mass is 79.9. The Bertz CT molecular complexity index is 372. The minimum atomic E-state index is 0.293. The third-order valence-electron chi connectivity index (χ3n) is 3.85. The van der Waals surface area contributed by atoms with Crippen molar-refractivity contribution in [2.75, 3.05) is 19.7 Å². The molecule has 0 N–H and O–H groups in total. The van der Waals surface area contributed by atoms with Crippen LogP contribution in [0.1, 0.15) is 30.9 Å². The smallest absolute Gasteiger partial charge is 0.100 e. The van der Waals surface area contributed by atoms with E-state index in [4.69, 9.17) is 4.74 Å². The quantitative estimate of drug-likeness (QED) is 0.829. The highest BCUT2D eigenvalue weighted by Crippen LogP contribution is 2.35. The first-order valence-electron chi connectivity index (χ1n) is 6.46. The Hall–Kier alpha value is -0.380. The van der Waals surface area contributed by atoms with Gasteiger partial charge >= 0.3 is 0 Å². The van der Waals surface area contributed by atoms with Crippen molar-refractivity contribution >= 4 is 15.9 Å². The molecule has 0 bridgehead atoms. The lowest BCUT2D eigenvalue weighted by Gasteiger charge is -2.45. The molecule has 0 aliphatic carbocycles. The number of nitrogens with zero attached hydrogens (tertiary/aromatic N) is 1. The summed E-state index contributed by atoms with van der Waals surface area (Å²) in [5.41, 5.74) is 1.31. The molecular weight excluding hydrogens is 278 g/mol. The molecule has 17 heavy (non-hydrogen) atoms. The maximum atomic E-state index is 5.77. The van der Waals surface area contributed by atoms with Gasteiger partial charge in [-0.3, -0.25) is 4.90 Å². The summed E-state index contributed by atoms with van der Waals surface area (Å²) in [5.74, 6) is 0. The number of halogens is 1. The van der Waals surface area contributed by atoms with Gasteiger partial charge in [-0.1, -0.05) is 34.5 Å². The van der Waals surface area contributed by atoms with Gasteiger partial charge in [-0.2, -0.15) is 0 Å². The van der Waals surface area contributed by atoms with Crippen molar-refractivity contribution in [3.63, 3.8) is 0 Å². The maximum Gasteiger partial charge on any atom is 0.100 e. The largest absolute Gasteiger partial charge is 0.370 e. The van der Waals surface area contributed by atoms with Crippen molar-refractivity contribution in [1.29, 1.82) is 0 Å². The summed E-state index contributed by atoms with van der Waals surface area (Å²) >= 11 is 3.47. The molecule has 92 valence electrons. The predicted octanol–water partition coefficient (Wildman–Crippen LogP) is 3.37. The van der Waals surface area contributed by atoms with Crippen LogP contribution in [0.4, 0.5) is 0 Å². The summed E-state index contributed by atoms with van der Waals surface area (Å²) in [7, 11) is 0. The van der Waals surface area contributed by atoms with Crippen LogP contribution in [-0.2, 0) is 4.74 Å². The minimum absolute atomic E-state index is 0.293.